The van der Waals surface area contributed by atoms with Gasteiger partial charge in [-0.1, -0.05) is 34.6 Å². The highest BCUT2D eigenvalue weighted by molar-refractivity contribution is 5.82. The van der Waals surface area contributed by atoms with Gasteiger partial charge in [0.15, 0.2) is 11.5 Å². The summed E-state index contributed by atoms with van der Waals surface area (Å²) in [4.78, 5) is 15.7. The third kappa shape index (κ3) is 2.44. The number of rotatable bonds is 3. The third-order valence-electron chi connectivity index (χ3n) is 3.11. The van der Waals surface area contributed by atoms with Gasteiger partial charge in [0.2, 0.25) is 0 Å². The summed E-state index contributed by atoms with van der Waals surface area (Å²) in [6.07, 6.45) is 3.20. The van der Waals surface area contributed by atoms with Crippen LogP contribution in [0.25, 0.3) is 11.2 Å². The van der Waals surface area contributed by atoms with Crippen molar-refractivity contribution >= 4 is 17.0 Å². The molecule has 18 heavy (non-hydrogen) atoms. The maximum absolute atomic E-state index is 4.31. The van der Waals surface area contributed by atoms with Crippen LogP contribution in [0, 0.1) is 11.3 Å². The molecule has 5 nitrogen and oxygen atoms in total. The van der Waals surface area contributed by atoms with Crippen molar-refractivity contribution in [1.29, 1.82) is 0 Å². The van der Waals surface area contributed by atoms with Crippen molar-refractivity contribution in [3.05, 3.63) is 12.7 Å². The predicted octanol–water partition coefficient (Wildman–Crippen LogP) is 2.84. The van der Waals surface area contributed by atoms with E-state index in [1.165, 1.54) is 0 Å². The van der Waals surface area contributed by atoms with E-state index in [4.69, 9.17) is 0 Å². The molecular formula is C13H21N5. The second-order valence-electron chi connectivity index (χ2n) is 6.05. The van der Waals surface area contributed by atoms with Crippen LogP contribution in [-0.2, 0) is 0 Å². The van der Waals surface area contributed by atoms with E-state index in [1.54, 1.807) is 12.7 Å². The first kappa shape index (κ1) is 12.8. The van der Waals surface area contributed by atoms with Crippen LogP contribution in [0.3, 0.4) is 0 Å². The molecule has 0 amide bonds. The minimum absolute atomic E-state index is 0.155. The van der Waals surface area contributed by atoms with Crippen LogP contribution in [0.5, 0.6) is 0 Å². The van der Waals surface area contributed by atoms with Gasteiger partial charge in [0, 0.05) is 6.04 Å². The number of H-pyrrole nitrogens is 1. The maximum atomic E-state index is 4.31. The Morgan fingerprint density at radius 2 is 1.89 bits per heavy atom. The van der Waals surface area contributed by atoms with Crippen molar-refractivity contribution in [2.24, 2.45) is 11.3 Å². The van der Waals surface area contributed by atoms with E-state index in [0.717, 1.165) is 17.0 Å². The highest BCUT2D eigenvalue weighted by atomic mass is 15.1. The van der Waals surface area contributed by atoms with E-state index in [0.29, 0.717) is 12.0 Å². The van der Waals surface area contributed by atoms with Crippen LogP contribution in [0.2, 0.25) is 0 Å². The largest absolute Gasteiger partial charge is 0.365 e. The van der Waals surface area contributed by atoms with Gasteiger partial charge < -0.3 is 10.3 Å². The summed E-state index contributed by atoms with van der Waals surface area (Å²) in [5, 5.41) is 3.51. The van der Waals surface area contributed by atoms with Crippen LogP contribution in [0.4, 0.5) is 5.82 Å². The minimum atomic E-state index is 0.155. The zero-order valence-corrected chi connectivity index (χ0v) is 11.7. The molecule has 0 fully saturated rings. The topological polar surface area (TPSA) is 66.5 Å². The number of hydrogen-bond acceptors (Lipinski definition) is 4. The Hall–Kier alpha value is -1.65. The van der Waals surface area contributed by atoms with E-state index in [9.17, 15) is 0 Å². The molecule has 2 aromatic rings. The second-order valence-corrected chi connectivity index (χ2v) is 6.05. The van der Waals surface area contributed by atoms with Crippen molar-refractivity contribution < 1.29 is 0 Å². The summed E-state index contributed by atoms with van der Waals surface area (Å²) in [7, 11) is 0. The number of aromatic amines is 1. The normalized spacial score (nSPS) is 14.1. The molecule has 0 radical (unpaired) electrons. The molecule has 0 bridgehead atoms. The fraction of sp³-hybridized carbons (Fsp3) is 0.615. The van der Waals surface area contributed by atoms with E-state index < -0.39 is 0 Å². The summed E-state index contributed by atoms with van der Waals surface area (Å²) in [5.41, 5.74) is 1.72. The summed E-state index contributed by atoms with van der Waals surface area (Å²) >= 11 is 0. The molecule has 2 rings (SSSR count). The quantitative estimate of drug-likeness (QED) is 0.875. The first-order chi connectivity index (χ1) is 8.39. The average Bonchev–Trinajstić information content (AvgIpc) is 2.72. The van der Waals surface area contributed by atoms with Crippen LogP contribution in [0.1, 0.15) is 34.6 Å². The molecule has 0 aliphatic heterocycles. The third-order valence-corrected chi connectivity index (χ3v) is 3.11. The van der Waals surface area contributed by atoms with Crippen molar-refractivity contribution in [3.63, 3.8) is 0 Å². The number of hydrogen-bond donors (Lipinski definition) is 2. The molecule has 0 saturated carbocycles. The van der Waals surface area contributed by atoms with Crippen LogP contribution < -0.4 is 5.32 Å². The van der Waals surface area contributed by atoms with Crippen molar-refractivity contribution in [1.82, 2.24) is 19.9 Å². The monoisotopic (exact) mass is 247 g/mol. The van der Waals surface area contributed by atoms with Gasteiger partial charge in [-0.3, -0.25) is 0 Å². The Kier molecular flexibility index (Phi) is 3.24. The number of nitrogens with one attached hydrogen (secondary N) is 2. The molecule has 0 spiro atoms. The maximum Gasteiger partial charge on any atom is 0.162 e. The van der Waals surface area contributed by atoms with Gasteiger partial charge in [0.05, 0.1) is 6.33 Å². The van der Waals surface area contributed by atoms with Crippen molar-refractivity contribution in [2.45, 2.75) is 40.7 Å². The fourth-order valence-electron chi connectivity index (χ4n) is 2.40. The summed E-state index contributed by atoms with van der Waals surface area (Å²) < 4.78 is 0. The molecule has 2 heterocycles. The zero-order chi connectivity index (χ0) is 13.3. The van der Waals surface area contributed by atoms with Crippen LogP contribution in [-0.4, -0.2) is 26.0 Å². The molecule has 2 aromatic heterocycles. The van der Waals surface area contributed by atoms with E-state index in [-0.39, 0.29) is 5.41 Å². The van der Waals surface area contributed by atoms with Crippen molar-refractivity contribution in [3.8, 4) is 0 Å². The SMILES string of the molecule is CC(C)[C@H](Nc1ncnc2[nH]cnc12)C(C)(C)C. The predicted molar refractivity (Wildman–Crippen MR) is 73.4 cm³/mol. The molecular weight excluding hydrogens is 226 g/mol. The van der Waals surface area contributed by atoms with Gasteiger partial charge in [-0.05, 0) is 11.3 Å². The van der Waals surface area contributed by atoms with Gasteiger partial charge >= 0.3 is 0 Å². The molecule has 2 N–H and O–H groups in total. The number of aromatic nitrogens is 4. The lowest BCUT2D eigenvalue weighted by Gasteiger charge is -2.35. The second kappa shape index (κ2) is 4.55. The highest BCUT2D eigenvalue weighted by Crippen LogP contribution is 2.29. The number of fused-ring (bicyclic) bond motifs is 1. The molecule has 0 saturated heterocycles. The average molecular weight is 247 g/mol. The highest BCUT2D eigenvalue weighted by Gasteiger charge is 2.28. The first-order valence-electron chi connectivity index (χ1n) is 6.30. The van der Waals surface area contributed by atoms with Crippen LogP contribution >= 0.6 is 0 Å². The lowest BCUT2D eigenvalue weighted by molar-refractivity contribution is 0.280. The molecule has 0 aliphatic carbocycles. The van der Waals surface area contributed by atoms with Gasteiger partial charge in [0.25, 0.3) is 0 Å². The number of anilines is 1. The lowest BCUT2D eigenvalue weighted by Crippen LogP contribution is -2.38. The standard InChI is InChI=1S/C13H21N5/c1-8(2)10(13(3,4)5)18-12-9-11(15-6-14-9)16-7-17-12/h6-8,10H,1-5H3,(H2,14,15,16,17,18)/t10-/m0/s1. The van der Waals surface area contributed by atoms with Crippen LogP contribution in [0.15, 0.2) is 12.7 Å². The smallest absolute Gasteiger partial charge is 0.162 e. The summed E-state index contributed by atoms with van der Waals surface area (Å²) in [6.45, 7) is 11.1. The van der Waals surface area contributed by atoms with Gasteiger partial charge in [-0.15, -0.1) is 0 Å². The molecule has 5 heteroatoms. The Bertz CT molecular complexity index is 523. The van der Waals surface area contributed by atoms with Crippen molar-refractivity contribution in [2.75, 3.05) is 5.32 Å². The Balaban J connectivity index is 2.34. The minimum Gasteiger partial charge on any atom is -0.365 e. The zero-order valence-electron chi connectivity index (χ0n) is 11.7. The molecule has 1 atom stereocenters. The Labute approximate surface area is 107 Å². The summed E-state index contributed by atoms with van der Waals surface area (Å²) in [5.74, 6) is 1.31. The van der Waals surface area contributed by atoms with E-state index in [1.807, 2.05) is 0 Å². The number of nitrogens with zero attached hydrogens (tertiary/aromatic N) is 3. The number of imidazole rings is 1. The summed E-state index contributed by atoms with van der Waals surface area (Å²) in [6, 6.07) is 0.326. The Morgan fingerprint density at radius 1 is 1.17 bits per heavy atom. The molecule has 0 unspecified atom stereocenters. The van der Waals surface area contributed by atoms with Gasteiger partial charge in [-0.2, -0.15) is 0 Å². The van der Waals surface area contributed by atoms with E-state index >= 15 is 0 Å². The molecule has 0 aromatic carbocycles. The van der Waals surface area contributed by atoms with E-state index in [2.05, 4.69) is 59.9 Å². The molecule has 0 aliphatic rings. The Morgan fingerprint density at radius 3 is 2.50 bits per heavy atom. The van der Waals surface area contributed by atoms with Gasteiger partial charge in [0.1, 0.15) is 11.8 Å². The lowest BCUT2D eigenvalue weighted by atomic mass is 9.80. The molecule has 98 valence electrons. The first-order valence-corrected chi connectivity index (χ1v) is 6.30. The fourth-order valence-corrected chi connectivity index (χ4v) is 2.40. The van der Waals surface area contributed by atoms with Gasteiger partial charge in [-0.25, -0.2) is 15.0 Å².